The third-order valence-corrected chi connectivity index (χ3v) is 6.79. The van der Waals surface area contributed by atoms with Crippen molar-refractivity contribution in [3.05, 3.63) is 54.2 Å². The van der Waals surface area contributed by atoms with Crippen LogP contribution in [0, 0.1) is 6.92 Å². The molecule has 0 saturated carbocycles. The van der Waals surface area contributed by atoms with Crippen LogP contribution < -0.4 is 5.32 Å². The van der Waals surface area contributed by atoms with Gasteiger partial charge in [0.1, 0.15) is 0 Å². The number of carbonyl (C=O) groups is 1. The second kappa shape index (κ2) is 7.96. The molecule has 2 aromatic heterocycles. The Morgan fingerprint density at radius 2 is 1.93 bits per heavy atom. The van der Waals surface area contributed by atoms with Crippen LogP contribution in [0.3, 0.4) is 0 Å². The minimum atomic E-state index is -3.65. The molecule has 0 aliphatic carbocycles. The lowest BCUT2D eigenvalue weighted by atomic mass is 10.1. The molecular formula is C20H21N5O4S. The first-order valence-electron chi connectivity index (χ1n) is 9.47. The Balaban J connectivity index is 1.47. The number of carbonyl (C=O) groups excluding carboxylic acids is 1. The van der Waals surface area contributed by atoms with E-state index in [4.69, 9.17) is 4.42 Å². The zero-order valence-corrected chi connectivity index (χ0v) is 17.4. The average molecular weight is 427 g/mol. The minimum Gasteiger partial charge on any atom is -0.420 e. The molecule has 1 aromatic carbocycles. The first-order chi connectivity index (χ1) is 14.3. The Bertz CT molecular complexity index is 1160. The van der Waals surface area contributed by atoms with Gasteiger partial charge in [-0.25, -0.2) is 8.42 Å². The molecule has 1 aliphatic rings. The van der Waals surface area contributed by atoms with Gasteiger partial charge in [-0.15, -0.1) is 10.2 Å². The number of hydrogen-bond acceptors (Lipinski definition) is 7. The smallest absolute Gasteiger partial charge is 0.249 e. The summed E-state index contributed by atoms with van der Waals surface area (Å²) < 4.78 is 33.1. The van der Waals surface area contributed by atoms with Gasteiger partial charge in [0.15, 0.2) is 0 Å². The summed E-state index contributed by atoms with van der Waals surface area (Å²) in [6, 6.07) is 9.84. The van der Waals surface area contributed by atoms with E-state index in [1.807, 2.05) is 19.1 Å². The number of hydrogen-bond donors (Lipinski definition) is 1. The second-order valence-corrected chi connectivity index (χ2v) is 9.13. The van der Waals surface area contributed by atoms with Crippen LogP contribution >= 0.6 is 0 Å². The lowest BCUT2D eigenvalue weighted by Gasteiger charge is -2.16. The van der Waals surface area contributed by atoms with Crippen LogP contribution in [0.4, 0.5) is 5.69 Å². The van der Waals surface area contributed by atoms with Crippen LogP contribution in [0.5, 0.6) is 0 Å². The lowest BCUT2D eigenvalue weighted by Crippen LogP contribution is -2.28. The van der Waals surface area contributed by atoms with Gasteiger partial charge >= 0.3 is 0 Å². The first kappa shape index (κ1) is 20.2. The number of benzene rings is 1. The standard InChI is InChI=1S/C20H21N5O4S/c1-13-3-4-15(11-21-13)19-23-24-20(29-19)16-9-10-25(12-16)30(27,28)18-7-5-17(6-8-18)22-14(2)26/h3-8,11,16H,9-10,12H2,1-2H3,(H,22,26). The maximum absolute atomic E-state index is 13.0. The Hall–Kier alpha value is -3.11. The molecule has 10 heteroatoms. The highest BCUT2D eigenvalue weighted by Crippen LogP contribution is 2.32. The van der Waals surface area contributed by atoms with Gasteiger partial charge < -0.3 is 9.73 Å². The van der Waals surface area contributed by atoms with Crippen LogP contribution in [0.1, 0.15) is 30.8 Å². The molecule has 0 bridgehead atoms. The van der Waals surface area contributed by atoms with Crippen molar-refractivity contribution in [2.45, 2.75) is 31.1 Å². The molecule has 4 rings (SSSR count). The van der Waals surface area contributed by atoms with Crippen molar-refractivity contribution < 1.29 is 17.6 Å². The third-order valence-electron chi connectivity index (χ3n) is 4.91. The third kappa shape index (κ3) is 4.10. The largest absolute Gasteiger partial charge is 0.420 e. The van der Waals surface area contributed by atoms with Gasteiger partial charge in [0.25, 0.3) is 0 Å². The number of sulfonamides is 1. The number of nitrogens with one attached hydrogen (secondary N) is 1. The predicted molar refractivity (Wildman–Crippen MR) is 109 cm³/mol. The summed E-state index contributed by atoms with van der Waals surface area (Å²) in [6.45, 7) is 3.92. The van der Waals surface area contributed by atoms with Gasteiger partial charge in [0.05, 0.1) is 16.4 Å². The number of nitrogens with zero attached hydrogens (tertiary/aromatic N) is 4. The Morgan fingerprint density at radius 3 is 2.60 bits per heavy atom. The Kier molecular flexibility index (Phi) is 5.35. The van der Waals surface area contributed by atoms with Crippen molar-refractivity contribution in [2.75, 3.05) is 18.4 Å². The fourth-order valence-electron chi connectivity index (χ4n) is 3.32. The van der Waals surface area contributed by atoms with Crippen molar-refractivity contribution in [3.8, 4) is 11.5 Å². The molecule has 1 fully saturated rings. The molecule has 0 spiro atoms. The maximum Gasteiger partial charge on any atom is 0.249 e. The lowest BCUT2D eigenvalue weighted by molar-refractivity contribution is -0.114. The highest BCUT2D eigenvalue weighted by Gasteiger charge is 2.35. The minimum absolute atomic E-state index is 0.168. The molecule has 3 aromatic rings. The summed E-state index contributed by atoms with van der Waals surface area (Å²) in [5.74, 6) is 0.406. The first-order valence-corrected chi connectivity index (χ1v) is 10.9. The summed E-state index contributed by atoms with van der Waals surface area (Å²) >= 11 is 0. The van der Waals surface area contributed by atoms with Gasteiger partial charge in [-0.05, 0) is 49.7 Å². The zero-order chi connectivity index (χ0) is 21.3. The SMILES string of the molecule is CC(=O)Nc1ccc(S(=O)(=O)N2CCC(c3nnc(-c4ccc(C)nc4)o3)C2)cc1. The van der Waals surface area contributed by atoms with Gasteiger partial charge in [-0.2, -0.15) is 4.31 Å². The van der Waals surface area contributed by atoms with Gasteiger partial charge in [-0.3, -0.25) is 9.78 Å². The number of aromatic nitrogens is 3. The maximum atomic E-state index is 13.0. The van der Waals surface area contributed by atoms with Crippen molar-refractivity contribution in [1.82, 2.24) is 19.5 Å². The van der Waals surface area contributed by atoms with Crippen molar-refractivity contribution in [1.29, 1.82) is 0 Å². The zero-order valence-electron chi connectivity index (χ0n) is 16.6. The van der Waals surface area contributed by atoms with Crippen LogP contribution in [-0.4, -0.2) is 46.9 Å². The molecule has 0 radical (unpaired) electrons. The fourth-order valence-corrected chi connectivity index (χ4v) is 4.82. The molecular weight excluding hydrogens is 406 g/mol. The van der Waals surface area contributed by atoms with Crippen molar-refractivity contribution in [3.63, 3.8) is 0 Å². The highest BCUT2D eigenvalue weighted by atomic mass is 32.2. The van der Waals surface area contributed by atoms with E-state index in [1.165, 1.54) is 23.4 Å². The number of amides is 1. The molecule has 3 heterocycles. The molecule has 156 valence electrons. The van der Waals surface area contributed by atoms with E-state index in [1.54, 1.807) is 18.3 Å². The van der Waals surface area contributed by atoms with Gasteiger partial charge in [0.2, 0.25) is 27.7 Å². The van der Waals surface area contributed by atoms with E-state index in [2.05, 4.69) is 20.5 Å². The van der Waals surface area contributed by atoms with Crippen LogP contribution in [-0.2, 0) is 14.8 Å². The van der Waals surface area contributed by atoms with Crippen molar-refractivity contribution in [2.24, 2.45) is 0 Å². The van der Waals surface area contributed by atoms with Crippen LogP contribution in [0.15, 0.2) is 51.9 Å². The summed E-state index contributed by atoms with van der Waals surface area (Å²) in [6.07, 6.45) is 2.26. The van der Waals surface area contributed by atoms with E-state index in [0.29, 0.717) is 30.4 Å². The van der Waals surface area contributed by atoms with Gasteiger partial charge in [-0.1, -0.05) is 0 Å². The fraction of sp³-hybridized carbons (Fsp3) is 0.300. The quantitative estimate of drug-likeness (QED) is 0.665. The second-order valence-electron chi connectivity index (χ2n) is 7.19. The summed E-state index contributed by atoms with van der Waals surface area (Å²) in [5, 5.41) is 10.8. The Morgan fingerprint density at radius 1 is 1.17 bits per heavy atom. The molecule has 1 N–H and O–H groups in total. The molecule has 1 saturated heterocycles. The summed E-state index contributed by atoms with van der Waals surface area (Å²) in [5.41, 5.74) is 2.16. The summed E-state index contributed by atoms with van der Waals surface area (Å²) in [7, 11) is -3.65. The number of rotatable bonds is 5. The average Bonchev–Trinajstić information content (AvgIpc) is 3.38. The normalized spacial score (nSPS) is 17.2. The Labute approximate surface area is 174 Å². The number of aryl methyl sites for hydroxylation is 1. The molecule has 1 atom stereocenters. The molecule has 1 unspecified atom stereocenters. The van der Waals surface area contributed by atoms with E-state index < -0.39 is 10.0 Å². The molecule has 1 amide bonds. The van der Waals surface area contributed by atoms with Crippen molar-refractivity contribution >= 4 is 21.6 Å². The van der Waals surface area contributed by atoms with E-state index in [0.717, 1.165) is 11.3 Å². The number of pyridine rings is 1. The summed E-state index contributed by atoms with van der Waals surface area (Å²) in [4.78, 5) is 15.5. The number of anilines is 1. The van der Waals surface area contributed by atoms with E-state index in [-0.39, 0.29) is 23.3 Å². The van der Waals surface area contributed by atoms with E-state index in [9.17, 15) is 13.2 Å². The van der Waals surface area contributed by atoms with Crippen LogP contribution in [0.25, 0.3) is 11.5 Å². The topological polar surface area (TPSA) is 118 Å². The molecule has 1 aliphatic heterocycles. The van der Waals surface area contributed by atoms with Gasteiger partial charge in [0, 0.05) is 37.6 Å². The molecule has 9 nitrogen and oxygen atoms in total. The monoisotopic (exact) mass is 427 g/mol. The van der Waals surface area contributed by atoms with E-state index >= 15 is 0 Å². The highest BCUT2D eigenvalue weighted by molar-refractivity contribution is 7.89. The molecule has 30 heavy (non-hydrogen) atoms. The van der Waals surface area contributed by atoms with Crippen LogP contribution in [0.2, 0.25) is 0 Å². The predicted octanol–water partition coefficient (Wildman–Crippen LogP) is 2.58.